The SMILES string of the molecule is O=C1N=C(N2CCN(Cc3ccccc3)CC2)S/C1=C\c1ccc(Cl)cc1. The van der Waals surface area contributed by atoms with Crippen LogP contribution in [0.5, 0.6) is 0 Å². The summed E-state index contributed by atoms with van der Waals surface area (Å²) in [5, 5.41) is 1.51. The van der Waals surface area contributed by atoms with Crippen molar-refractivity contribution in [3.63, 3.8) is 0 Å². The molecule has 0 saturated carbocycles. The Bertz CT molecular complexity index is 872. The minimum atomic E-state index is -0.156. The van der Waals surface area contributed by atoms with Gasteiger partial charge in [-0.1, -0.05) is 54.1 Å². The Morgan fingerprint density at radius 2 is 1.70 bits per heavy atom. The third-order valence-electron chi connectivity index (χ3n) is 4.67. The number of benzene rings is 2. The van der Waals surface area contributed by atoms with Gasteiger partial charge in [-0.2, -0.15) is 4.99 Å². The number of thioether (sulfide) groups is 1. The van der Waals surface area contributed by atoms with Crippen LogP contribution >= 0.6 is 23.4 Å². The van der Waals surface area contributed by atoms with Crippen LogP contribution in [-0.2, 0) is 11.3 Å². The van der Waals surface area contributed by atoms with Gasteiger partial charge in [-0.05, 0) is 41.1 Å². The molecule has 0 bridgehead atoms. The number of piperazine rings is 1. The van der Waals surface area contributed by atoms with E-state index in [-0.39, 0.29) is 5.91 Å². The van der Waals surface area contributed by atoms with Crippen molar-refractivity contribution in [2.24, 2.45) is 4.99 Å². The predicted molar refractivity (Wildman–Crippen MR) is 113 cm³/mol. The molecule has 2 heterocycles. The van der Waals surface area contributed by atoms with Crippen molar-refractivity contribution in [1.29, 1.82) is 0 Å². The predicted octanol–water partition coefficient (Wildman–Crippen LogP) is 4.13. The highest BCUT2D eigenvalue weighted by atomic mass is 35.5. The average molecular weight is 398 g/mol. The highest BCUT2D eigenvalue weighted by Crippen LogP contribution is 2.31. The minimum absolute atomic E-state index is 0.156. The molecule has 0 spiro atoms. The summed E-state index contributed by atoms with van der Waals surface area (Å²) in [6.45, 7) is 4.69. The first kappa shape index (κ1) is 18.3. The van der Waals surface area contributed by atoms with Crippen LogP contribution in [0, 0.1) is 0 Å². The maximum atomic E-state index is 12.3. The molecule has 1 fully saturated rings. The van der Waals surface area contributed by atoms with Gasteiger partial charge >= 0.3 is 0 Å². The molecular weight excluding hydrogens is 378 g/mol. The van der Waals surface area contributed by atoms with Crippen molar-refractivity contribution < 1.29 is 4.79 Å². The highest BCUT2D eigenvalue weighted by molar-refractivity contribution is 8.18. The highest BCUT2D eigenvalue weighted by Gasteiger charge is 2.28. The first-order valence-electron chi connectivity index (χ1n) is 8.97. The largest absolute Gasteiger partial charge is 0.348 e. The van der Waals surface area contributed by atoms with E-state index < -0.39 is 0 Å². The smallest absolute Gasteiger partial charge is 0.286 e. The Hall–Kier alpha value is -2.08. The van der Waals surface area contributed by atoms with Crippen molar-refractivity contribution in [2.45, 2.75) is 6.54 Å². The number of carbonyl (C=O) groups excluding carboxylic acids is 1. The molecule has 4 nitrogen and oxygen atoms in total. The lowest BCUT2D eigenvalue weighted by Gasteiger charge is -2.35. The van der Waals surface area contributed by atoms with Crippen LogP contribution in [0.3, 0.4) is 0 Å². The molecule has 4 rings (SSSR count). The number of hydrogen-bond donors (Lipinski definition) is 0. The molecule has 2 aromatic rings. The molecule has 2 aliphatic heterocycles. The monoisotopic (exact) mass is 397 g/mol. The van der Waals surface area contributed by atoms with Crippen LogP contribution in [0.1, 0.15) is 11.1 Å². The van der Waals surface area contributed by atoms with Crippen molar-refractivity contribution >= 4 is 40.5 Å². The minimum Gasteiger partial charge on any atom is -0.348 e. The van der Waals surface area contributed by atoms with E-state index in [4.69, 9.17) is 11.6 Å². The van der Waals surface area contributed by atoms with E-state index in [2.05, 4.69) is 39.1 Å². The third-order valence-corrected chi connectivity index (χ3v) is 5.97. The lowest BCUT2D eigenvalue weighted by molar-refractivity contribution is -0.113. The summed E-state index contributed by atoms with van der Waals surface area (Å²) in [4.78, 5) is 21.9. The van der Waals surface area contributed by atoms with Crippen LogP contribution in [-0.4, -0.2) is 47.1 Å². The molecule has 6 heteroatoms. The lowest BCUT2D eigenvalue weighted by atomic mass is 10.2. The van der Waals surface area contributed by atoms with Crippen LogP contribution in [0.2, 0.25) is 5.02 Å². The lowest BCUT2D eigenvalue weighted by Crippen LogP contribution is -2.47. The van der Waals surface area contributed by atoms with Crippen LogP contribution in [0.4, 0.5) is 0 Å². The van der Waals surface area contributed by atoms with Crippen molar-refractivity contribution in [2.75, 3.05) is 26.2 Å². The number of amides is 1. The van der Waals surface area contributed by atoms with Gasteiger partial charge in [0, 0.05) is 37.7 Å². The number of amidine groups is 1. The van der Waals surface area contributed by atoms with E-state index in [9.17, 15) is 4.79 Å². The van der Waals surface area contributed by atoms with Crippen molar-refractivity contribution in [3.05, 3.63) is 75.7 Å². The molecule has 0 unspecified atom stereocenters. The van der Waals surface area contributed by atoms with Gasteiger partial charge in [0.25, 0.3) is 5.91 Å². The number of hydrogen-bond acceptors (Lipinski definition) is 4. The molecule has 2 aromatic carbocycles. The van der Waals surface area contributed by atoms with Gasteiger partial charge in [0.2, 0.25) is 0 Å². The molecule has 27 heavy (non-hydrogen) atoms. The number of nitrogens with zero attached hydrogens (tertiary/aromatic N) is 3. The second kappa shape index (κ2) is 8.30. The zero-order valence-corrected chi connectivity index (χ0v) is 16.4. The van der Waals surface area contributed by atoms with Gasteiger partial charge in [-0.15, -0.1) is 0 Å². The van der Waals surface area contributed by atoms with Gasteiger partial charge in [-0.3, -0.25) is 9.69 Å². The van der Waals surface area contributed by atoms with E-state index in [0.717, 1.165) is 43.5 Å². The molecule has 0 aliphatic carbocycles. The summed E-state index contributed by atoms with van der Waals surface area (Å²) >= 11 is 7.38. The zero-order chi connectivity index (χ0) is 18.6. The summed E-state index contributed by atoms with van der Waals surface area (Å²) < 4.78 is 0. The normalized spacial score (nSPS) is 19.6. The van der Waals surface area contributed by atoms with Crippen LogP contribution < -0.4 is 0 Å². The van der Waals surface area contributed by atoms with E-state index in [1.54, 1.807) is 0 Å². The summed E-state index contributed by atoms with van der Waals surface area (Å²) in [5.41, 5.74) is 2.29. The second-order valence-corrected chi connectivity index (χ2v) is 8.06. The van der Waals surface area contributed by atoms with Gasteiger partial charge in [0.15, 0.2) is 5.17 Å². The topological polar surface area (TPSA) is 35.9 Å². The fraction of sp³-hybridized carbons (Fsp3) is 0.238. The van der Waals surface area contributed by atoms with E-state index in [1.165, 1.54) is 17.3 Å². The molecule has 2 aliphatic rings. The third kappa shape index (κ3) is 4.61. The molecule has 0 atom stereocenters. The maximum absolute atomic E-state index is 12.3. The van der Waals surface area contributed by atoms with Gasteiger partial charge < -0.3 is 4.90 Å². The van der Waals surface area contributed by atoms with Crippen LogP contribution in [0.15, 0.2) is 64.5 Å². The number of carbonyl (C=O) groups is 1. The van der Waals surface area contributed by atoms with Gasteiger partial charge in [0.1, 0.15) is 0 Å². The zero-order valence-electron chi connectivity index (χ0n) is 14.8. The fourth-order valence-corrected chi connectivity index (χ4v) is 4.27. The standard InChI is InChI=1S/C21H20ClN3OS/c22-18-8-6-16(7-9-18)14-19-20(26)23-21(27-19)25-12-10-24(11-13-25)15-17-4-2-1-3-5-17/h1-9,14H,10-13,15H2/b19-14-. The quantitative estimate of drug-likeness (QED) is 0.729. The number of rotatable bonds is 3. The molecule has 0 N–H and O–H groups in total. The molecular formula is C21H20ClN3OS. The number of halogens is 1. The summed E-state index contributed by atoms with van der Waals surface area (Å²) in [5.74, 6) is -0.156. The van der Waals surface area contributed by atoms with Gasteiger partial charge in [-0.25, -0.2) is 0 Å². The molecule has 138 valence electrons. The molecule has 1 saturated heterocycles. The van der Waals surface area contributed by atoms with Crippen molar-refractivity contribution in [1.82, 2.24) is 9.80 Å². The van der Waals surface area contributed by atoms with E-state index >= 15 is 0 Å². The summed E-state index contributed by atoms with van der Waals surface area (Å²) in [7, 11) is 0. The van der Waals surface area contributed by atoms with Crippen molar-refractivity contribution in [3.8, 4) is 0 Å². The molecule has 1 amide bonds. The Morgan fingerprint density at radius 1 is 1.00 bits per heavy atom. The number of aliphatic imine (C=N–C) groups is 1. The average Bonchev–Trinajstić information content (AvgIpc) is 3.05. The Labute approximate surface area is 168 Å². The van der Waals surface area contributed by atoms with E-state index in [0.29, 0.717) is 9.93 Å². The summed E-state index contributed by atoms with van der Waals surface area (Å²) in [6, 6.07) is 18.0. The fourth-order valence-electron chi connectivity index (χ4n) is 3.18. The van der Waals surface area contributed by atoms with Gasteiger partial charge in [0.05, 0.1) is 4.91 Å². The maximum Gasteiger partial charge on any atom is 0.286 e. The Morgan fingerprint density at radius 3 is 2.41 bits per heavy atom. The Balaban J connectivity index is 1.34. The van der Waals surface area contributed by atoms with Crippen LogP contribution in [0.25, 0.3) is 6.08 Å². The summed E-state index contributed by atoms with van der Waals surface area (Å²) in [6.07, 6.45) is 1.88. The van der Waals surface area contributed by atoms with E-state index in [1.807, 2.05) is 36.4 Å². The molecule has 0 radical (unpaired) electrons. The first-order chi connectivity index (χ1) is 13.2. The second-order valence-electron chi connectivity index (χ2n) is 6.61. The molecule has 0 aromatic heterocycles. The first-order valence-corrected chi connectivity index (χ1v) is 10.2. The Kier molecular flexibility index (Phi) is 5.62.